The summed E-state index contributed by atoms with van der Waals surface area (Å²) in [6.07, 6.45) is 1.51. The molecule has 2 aliphatic carbocycles. The first-order chi connectivity index (χ1) is 16.4. The summed E-state index contributed by atoms with van der Waals surface area (Å²) >= 11 is 0. The Morgan fingerprint density at radius 2 is 1.63 bits per heavy atom. The average Bonchev–Trinajstić information content (AvgIpc) is 3.13. The van der Waals surface area contributed by atoms with Gasteiger partial charge in [0.25, 0.3) is 11.4 Å². The first-order valence-electron chi connectivity index (χ1n) is 11.0. The Balaban J connectivity index is 1.56. The zero-order chi connectivity index (χ0) is 25.6. The molecule has 0 spiro atoms. The zero-order valence-electron chi connectivity index (χ0n) is 19.4. The molecule has 0 radical (unpaired) electrons. The Morgan fingerprint density at radius 3 is 2.26 bits per heavy atom. The third-order valence-electron chi connectivity index (χ3n) is 8.04. The van der Waals surface area contributed by atoms with Gasteiger partial charge in [-0.3, -0.25) is 25.0 Å². The largest absolute Gasteiger partial charge is 0.365 e. The molecule has 2 aromatic carbocycles. The van der Waals surface area contributed by atoms with Crippen molar-refractivity contribution < 1.29 is 24.3 Å². The molecule has 1 amide bonds. The van der Waals surface area contributed by atoms with Crippen molar-refractivity contribution in [2.24, 2.45) is 21.4 Å². The Labute approximate surface area is 200 Å². The second-order valence-corrected chi connectivity index (χ2v) is 9.70. The lowest BCUT2D eigenvalue weighted by Gasteiger charge is -2.39. The molecule has 4 rings (SSSR count). The van der Waals surface area contributed by atoms with Crippen LogP contribution in [-0.4, -0.2) is 27.4 Å². The third kappa shape index (κ3) is 3.72. The number of fused-ring (bicyclic) bond motifs is 2. The van der Waals surface area contributed by atoms with Gasteiger partial charge in [0.2, 0.25) is 5.91 Å². The van der Waals surface area contributed by atoms with Crippen LogP contribution in [0.2, 0.25) is 0 Å². The molecule has 35 heavy (non-hydrogen) atoms. The van der Waals surface area contributed by atoms with E-state index in [2.05, 4.69) is 10.5 Å². The standard InChI is InChI=1S/C24H24N4O7/c1-22(2)23(3)11-12-24(22,21(30)25-16-5-4-6-18(13-16)28(33)34)14-19(23)26-35-20(29)15-7-9-17(10-8-15)27(31)32/h4-10,13H,11-12,14H2,1-3H3,(H,25,30). The molecule has 2 unspecified atom stereocenters. The number of carbonyl (C=O) groups is 2. The highest BCUT2D eigenvalue weighted by Crippen LogP contribution is 2.71. The predicted octanol–water partition coefficient (Wildman–Crippen LogP) is 4.87. The highest BCUT2D eigenvalue weighted by molar-refractivity contribution is 6.06. The van der Waals surface area contributed by atoms with E-state index in [1.807, 2.05) is 20.8 Å². The molecule has 1 N–H and O–H groups in total. The van der Waals surface area contributed by atoms with Crippen LogP contribution in [0.4, 0.5) is 17.1 Å². The summed E-state index contributed by atoms with van der Waals surface area (Å²) in [5.41, 5.74) is -1.13. The molecule has 2 aliphatic rings. The summed E-state index contributed by atoms with van der Waals surface area (Å²) in [6.45, 7) is 5.95. The van der Waals surface area contributed by atoms with Crippen molar-refractivity contribution in [3.05, 3.63) is 74.3 Å². The number of benzene rings is 2. The second kappa shape index (κ2) is 8.26. The van der Waals surface area contributed by atoms with E-state index in [0.717, 1.165) is 0 Å². The number of rotatable bonds is 6. The molecule has 0 saturated heterocycles. The van der Waals surface area contributed by atoms with E-state index in [-0.39, 0.29) is 29.3 Å². The summed E-state index contributed by atoms with van der Waals surface area (Å²) in [7, 11) is 0. The smallest absolute Gasteiger partial charge is 0.325 e. The number of nitrogens with zero attached hydrogens (tertiary/aromatic N) is 3. The molecular formula is C24H24N4O7. The molecule has 2 fully saturated rings. The Bertz CT molecular complexity index is 1270. The van der Waals surface area contributed by atoms with Crippen LogP contribution < -0.4 is 5.32 Å². The zero-order valence-corrected chi connectivity index (χ0v) is 19.4. The van der Waals surface area contributed by atoms with Crippen molar-refractivity contribution in [3.8, 4) is 0 Å². The van der Waals surface area contributed by atoms with Crippen LogP contribution in [0.5, 0.6) is 0 Å². The van der Waals surface area contributed by atoms with Crippen LogP contribution in [0.25, 0.3) is 0 Å². The number of nitro benzene ring substituents is 2. The van der Waals surface area contributed by atoms with Crippen molar-refractivity contribution in [2.75, 3.05) is 5.32 Å². The topological polar surface area (TPSA) is 154 Å². The maximum atomic E-state index is 13.5. The minimum atomic E-state index is -0.842. The Kier molecular flexibility index (Phi) is 5.66. The molecule has 0 aromatic heterocycles. The van der Waals surface area contributed by atoms with E-state index < -0.39 is 32.1 Å². The first kappa shape index (κ1) is 24.0. The lowest BCUT2D eigenvalue weighted by molar-refractivity contribution is -0.385. The third-order valence-corrected chi connectivity index (χ3v) is 8.04. The van der Waals surface area contributed by atoms with E-state index in [1.54, 1.807) is 6.07 Å². The van der Waals surface area contributed by atoms with Gasteiger partial charge in [-0.2, -0.15) is 0 Å². The fourth-order valence-corrected chi connectivity index (χ4v) is 5.34. The van der Waals surface area contributed by atoms with Gasteiger partial charge in [-0.05, 0) is 36.5 Å². The summed E-state index contributed by atoms with van der Waals surface area (Å²) in [5, 5.41) is 28.9. The van der Waals surface area contributed by atoms with E-state index in [9.17, 15) is 29.8 Å². The summed E-state index contributed by atoms with van der Waals surface area (Å²) in [4.78, 5) is 52.0. The second-order valence-electron chi connectivity index (χ2n) is 9.70. The average molecular weight is 480 g/mol. The van der Waals surface area contributed by atoms with Gasteiger partial charge in [0.15, 0.2) is 0 Å². The molecule has 11 nitrogen and oxygen atoms in total. The number of hydrogen-bond donors (Lipinski definition) is 1. The maximum absolute atomic E-state index is 13.5. The maximum Gasteiger partial charge on any atom is 0.365 e. The van der Waals surface area contributed by atoms with Gasteiger partial charge in [0.1, 0.15) is 0 Å². The number of hydrogen-bond acceptors (Lipinski definition) is 8. The number of nitro groups is 2. The van der Waals surface area contributed by atoms with E-state index in [1.165, 1.54) is 42.5 Å². The minimum absolute atomic E-state index is 0.116. The molecule has 2 bridgehead atoms. The Morgan fingerprint density at radius 1 is 0.971 bits per heavy atom. The van der Waals surface area contributed by atoms with E-state index in [0.29, 0.717) is 24.2 Å². The number of nitrogens with one attached hydrogen (secondary N) is 1. The lowest BCUT2D eigenvalue weighted by atomic mass is 9.64. The predicted molar refractivity (Wildman–Crippen MR) is 126 cm³/mol. The molecule has 182 valence electrons. The van der Waals surface area contributed by atoms with Crippen LogP contribution in [0.15, 0.2) is 53.7 Å². The quantitative estimate of drug-likeness (QED) is 0.351. The number of oxime groups is 1. The normalized spacial score (nSPS) is 25.3. The van der Waals surface area contributed by atoms with E-state index >= 15 is 0 Å². The lowest BCUT2D eigenvalue weighted by Crippen LogP contribution is -2.43. The molecule has 2 atom stereocenters. The van der Waals surface area contributed by atoms with Crippen LogP contribution >= 0.6 is 0 Å². The summed E-state index contributed by atoms with van der Waals surface area (Å²) in [5.74, 6) is -1.02. The fraction of sp³-hybridized carbons (Fsp3) is 0.375. The van der Waals surface area contributed by atoms with Crippen molar-refractivity contribution in [3.63, 3.8) is 0 Å². The van der Waals surface area contributed by atoms with Gasteiger partial charge in [0, 0.05) is 41.8 Å². The molecule has 11 heteroatoms. The van der Waals surface area contributed by atoms with Gasteiger partial charge in [0.05, 0.1) is 26.5 Å². The van der Waals surface area contributed by atoms with Crippen molar-refractivity contribution in [1.29, 1.82) is 0 Å². The van der Waals surface area contributed by atoms with E-state index in [4.69, 9.17) is 4.84 Å². The summed E-state index contributed by atoms with van der Waals surface area (Å²) in [6, 6.07) is 10.8. The van der Waals surface area contributed by atoms with Gasteiger partial charge in [-0.1, -0.05) is 32.0 Å². The first-order valence-corrected chi connectivity index (χ1v) is 11.0. The molecule has 2 aromatic rings. The molecular weight excluding hydrogens is 456 g/mol. The van der Waals surface area contributed by atoms with Crippen LogP contribution in [0, 0.1) is 36.5 Å². The van der Waals surface area contributed by atoms with Crippen LogP contribution in [-0.2, 0) is 9.63 Å². The Hall–Kier alpha value is -4.15. The van der Waals surface area contributed by atoms with Gasteiger partial charge >= 0.3 is 5.97 Å². The molecule has 0 heterocycles. The van der Waals surface area contributed by atoms with Crippen LogP contribution in [0.3, 0.4) is 0 Å². The number of amides is 1. The summed E-state index contributed by atoms with van der Waals surface area (Å²) < 4.78 is 0. The monoisotopic (exact) mass is 480 g/mol. The van der Waals surface area contributed by atoms with Crippen molar-refractivity contribution in [1.82, 2.24) is 0 Å². The van der Waals surface area contributed by atoms with Gasteiger partial charge < -0.3 is 10.2 Å². The van der Waals surface area contributed by atoms with Crippen molar-refractivity contribution >= 4 is 34.7 Å². The SMILES string of the molecule is CC12CCC(C(=O)Nc3cccc([N+](=O)[O-])c3)(CC1=NOC(=O)c1ccc([N+](=O)[O-])cc1)C2(C)C. The molecule has 2 saturated carbocycles. The number of carbonyl (C=O) groups excluding carboxylic acids is 2. The highest BCUT2D eigenvalue weighted by atomic mass is 16.7. The van der Waals surface area contributed by atoms with Crippen LogP contribution in [0.1, 0.15) is 50.4 Å². The molecule has 0 aliphatic heterocycles. The number of non-ortho nitro benzene ring substituents is 2. The minimum Gasteiger partial charge on any atom is -0.325 e. The van der Waals surface area contributed by atoms with Crippen molar-refractivity contribution in [2.45, 2.75) is 40.0 Å². The van der Waals surface area contributed by atoms with Gasteiger partial charge in [-0.25, -0.2) is 4.79 Å². The fourth-order valence-electron chi connectivity index (χ4n) is 5.34. The highest BCUT2D eigenvalue weighted by Gasteiger charge is 2.71. The van der Waals surface area contributed by atoms with Gasteiger partial charge in [-0.15, -0.1) is 0 Å². The number of anilines is 1.